The number of thioether (sulfide) groups is 1. The molecule has 2 rings (SSSR count). The number of ketones is 1. The maximum atomic E-state index is 12.9. The second-order valence-corrected chi connectivity index (χ2v) is 12.3. The zero-order valence-electron chi connectivity index (χ0n) is 25.4. The number of nitrogens with one attached hydrogen (secondary N) is 3. The predicted octanol–water partition coefficient (Wildman–Crippen LogP) is -0.316. The Morgan fingerprint density at radius 1 is 1.11 bits per heavy atom. The molecule has 0 saturated carbocycles. The van der Waals surface area contributed by atoms with Gasteiger partial charge in [0.05, 0.1) is 6.07 Å². The summed E-state index contributed by atoms with van der Waals surface area (Å²) in [5, 5.41) is 33.7. The summed E-state index contributed by atoms with van der Waals surface area (Å²) in [4.78, 5) is 86.8. The lowest BCUT2D eigenvalue weighted by Gasteiger charge is -2.21. The van der Waals surface area contributed by atoms with Crippen molar-refractivity contribution in [2.45, 2.75) is 77.0 Å². The number of aryl methyl sites for hydroxylation is 1. The van der Waals surface area contributed by atoms with Gasteiger partial charge in [-0.3, -0.25) is 33.6 Å². The van der Waals surface area contributed by atoms with Gasteiger partial charge in [0, 0.05) is 42.1 Å². The van der Waals surface area contributed by atoms with Crippen molar-refractivity contribution in [1.82, 2.24) is 20.9 Å². The van der Waals surface area contributed by atoms with Crippen molar-refractivity contribution in [3.05, 3.63) is 34.4 Å². The molecule has 0 fully saturated rings. The molecule has 1 aromatic rings. The fourth-order valence-corrected chi connectivity index (χ4v) is 5.67. The Bertz CT molecular complexity index is 1390. The SMILES string of the molecule is Cc1cc(CNC(=O)C(=O)C(C#N)C(C)SC[C@H](NC(=O)CC[C@H](N)C(=O)O)C(=O)NCC(=O)O)cc2c1C(=O)N(C(C)C)C2. The number of carboxylic acids is 2. The molecule has 0 saturated heterocycles. The van der Waals surface area contributed by atoms with Crippen LogP contribution in [0.3, 0.4) is 0 Å². The van der Waals surface area contributed by atoms with Crippen LogP contribution in [0.5, 0.6) is 0 Å². The van der Waals surface area contributed by atoms with Crippen molar-refractivity contribution in [2.24, 2.45) is 11.7 Å². The summed E-state index contributed by atoms with van der Waals surface area (Å²) in [5.41, 5.74) is 8.27. The van der Waals surface area contributed by atoms with Crippen molar-refractivity contribution in [2.75, 3.05) is 12.3 Å². The number of aliphatic carboxylic acids is 2. The summed E-state index contributed by atoms with van der Waals surface area (Å²) in [6, 6.07) is 2.78. The lowest BCUT2D eigenvalue weighted by molar-refractivity contribution is -0.139. The van der Waals surface area contributed by atoms with Crippen LogP contribution < -0.4 is 21.7 Å². The third-order valence-corrected chi connectivity index (χ3v) is 8.40. The molecule has 4 amide bonds. The Labute approximate surface area is 264 Å². The summed E-state index contributed by atoms with van der Waals surface area (Å²) >= 11 is 0.928. The van der Waals surface area contributed by atoms with E-state index in [4.69, 9.17) is 15.9 Å². The molecule has 4 atom stereocenters. The Kier molecular flexibility index (Phi) is 13.5. The number of fused-ring (bicyclic) bond motifs is 1. The van der Waals surface area contributed by atoms with Gasteiger partial charge in [0.15, 0.2) is 0 Å². The smallest absolute Gasteiger partial charge is 0.322 e. The number of carbonyl (C=O) groups is 7. The molecule has 45 heavy (non-hydrogen) atoms. The molecule has 244 valence electrons. The molecule has 1 heterocycles. The van der Waals surface area contributed by atoms with Crippen LogP contribution in [0.4, 0.5) is 0 Å². The van der Waals surface area contributed by atoms with E-state index in [1.807, 2.05) is 19.9 Å². The maximum Gasteiger partial charge on any atom is 0.322 e. The molecule has 0 aromatic heterocycles. The molecule has 1 aliphatic rings. The van der Waals surface area contributed by atoms with E-state index >= 15 is 0 Å². The molecular formula is C29H38N6O9S. The number of carboxylic acid groups (broad SMARTS) is 2. The topological polar surface area (TPSA) is 249 Å². The highest BCUT2D eigenvalue weighted by Crippen LogP contribution is 2.29. The Morgan fingerprint density at radius 3 is 2.36 bits per heavy atom. The number of Topliss-reactive ketones (excluding diaryl/α,β-unsaturated/α-hetero) is 1. The average molecular weight is 647 g/mol. The van der Waals surface area contributed by atoms with Gasteiger partial charge in [0.25, 0.3) is 11.8 Å². The number of benzene rings is 1. The molecule has 7 N–H and O–H groups in total. The van der Waals surface area contributed by atoms with Gasteiger partial charge in [-0.1, -0.05) is 19.1 Å². The van der Waals surface area contributed by atoms with Gasteiger partial charge < -0.3 is 36.8 Å². The summed E-state index contributed by atoms with van der Waals surface area (Å²) in [6.07, 6.45) is -0.542. The highest BCUT2D eigenvalue weighted by molar-refractivity contribution is 8.00. The minimum atomic E-state index is -1.42. The second-order valence-electron chi connectivity index (χ2n) is 10.9. The van der Waals surface area contributed by atoms with E-state index in [-0.39, 0.29) is 37.1 Å². The van der Waals surface area contributed by atoms with E-state index in [0.717, 1.165) is 22.9 Å². The first kappa shape index (κ1) is 36.7. The highest BCUT2D eigenvalue weighted by atomic mass is 32.2. The quantitative estimate of drug-likeness (QED) is 0.119. The Hall–Kier alpha value is -4.49. The van der Waals surface area contributed by atoms with Crippen LogP contribution in [0, 0.1) is 24.2 Å². The van der Waals surface area contributed by atoms with E-state index in [1.165, 1.54) is 6.92 Å². The Balaban J connectivity index is 2.03. The highest BCUT2D eigenvalue weighted by Gasteiger charge is 2.33. The molecule has 15 nitrogen and oxygen atoms in total. The molecular weight excluding hydrogens is 608 g/mol. The molecule has 1 aliphatic heterocycles. The number of hydrogen-bond acceptors (Lipinski definition) is 10. The van der Waals surface area contributed by atoms with Gasteiger partial charge in [-0.05, 0) is 43.9 Å². The number of amides is 4. The first-order valence-corrected chi connectivity index (χ1v) is 15.2. The number of rotatable bonds is 17. The van der Waals surface area contributed by atoms with E-state index in [0.29, 0.717) is 17.7 Å². The van der Waals surface area contributed by atoms with Crippen LogP contribution in [-0.2, 0) is 41.9 Å². The summed E-state index contributed by atoms with van der Waals surface area (Å²) < 4.78 is 0. The molecule has 0 spiro atoms. The van der Waals surface area contributed by atoms with Crippen LogP contribution in [0.2, 0.25) is 0 Å². The van der Waals surface area contributed by atoms with E-state index < -0.39 is 65.2 Å². The van der Waals surface area contributed by atoms with Gasteiger partial charge in [0.1, 0.15) is 24.5 Å². The van der Waals surface area contributed by atoms with Gasteiger partial charge in [-0.2, -0.15) is 17.0 Å². The van der Waals surface area contributed by atoms with E-state index in [9.17, 15) is 38.8 Å². The zero-order valence-corrected chi connectivity index (χ0v) is 26.2. The Morgan fingerprint density at radius 2 is 1.78 bits per heavy atom. The van der Waals surface area contributed by atoms with Crippen molar-refractivity contribution in [3.63, 3.8) is 0 Å². The van der Waals surface area contributed by atoms with E-state index in [2.05, 4.69) is 16.0 Å². The molecule has 1 aromatic carbocycles. The first-order valence-electron chi connectivity index (χ1n) is 14.1. The maximum absolute atomic E-state index is 12.9. The fraction of sp³-hybridized carbons (Fsp3) is 0.517. The van der Waals surface area contributed by atoms with Crippen molar-refractivity contribution in [3.8, 4) is 6.07 Å². The molecule has 0 aliphatic carbocycles. The summed E-state index contributed by atoms with van der Waals surface area (Å²) in [7, 11) is 0. The fourth-order valence-electron chi connectivity index (χ4n) is 4.57. The normalized spacial score (nSPS) is 14.9. The lowest BCUT2D eigenvalue weighted by Crippen LogP contribution is -2.50. The third-order valence-electron chi connectivity index (χ3n) is 7.07. The number of nitriles is 1. The number of carbonyl (C=O) groups excluding carboxylic acids is 5. The van der Waals surface area contributed by atoms with Gasteiger partial charge in [0.2, 0.25) is 17.6 Å². The largest absolute Gasteiger partial charge is 0.480 e. The molecule has 0 bridgehead atoms. The predicted molar refractivity (Wildman–Crippen MR) is 161 cm³/mol. The van der Waals surface area contributed by atoms with Crippen molar-refractivity contribution in [1.29, 1.82) is 5.26 Å². The minimum Gasteiger partial charge on any atom is -0.480 e. The number of hydrogen-bond donors (Lipinski definition) is 6. The summed E-state index contributed by atoms with van der Waals surface area (Å²) in [6.45, 7) is 6.81. The van der Waals surface area contributed by atoms with Crippen LogP contribution in [0.25, 0.3) is 0 Å². The van der Waals surface area contributed by atoms with Crippen LogP contribution in [-0.4, -0.2) is 92.1 Å². The van der Waals surface area contributed by atoms with Gasteiger partial charge in [-0.25, -0.2) is 0 Å². The second kappa shape index (κ2) is 16.5. The van der Waals surface area contributed by atoms with Crippen molar-refractivity contribution < 1.29 is 43.8 Å². The molecule has 16 heteroatoms. The number of nitrogens with two attached hydrogens (primary N) is 1. The monoisotopic (exact) mass is 646 g/mol. The van der Waals surface area contributed by atoms with E-state index in [1.54, 1.807) is 24.0 Å². The van der Waals surface area contributed by atoms with Crippen LogP contribution in [0.1, 0.15) is 60.7 Å². The molecule has 2 unspecified atom stereocenters. The van der Waals surface area contributed by atoms with Crippen LogP contribution >= 0.6 is 11.8 Å². The van der Waals surface area contributed by atoms with Gasteiger partial charge in [-0.15, -0.1) is 0 Å². The summed E-state index contributed by atoms with van der Waals surface area (Å²) in [5.74, 6) is -7.88. The molecule has 0 radical (unpaired) electrons. The van der Waals surface area contributed by atoms with Crippen molar-refractivity contribution >= 4 is 53.1 Å². The zero-order chi connectivity index (χ0) is 34.0. The number of nitrogens with zero attached hydrogens (tertiary/aromatic N) is 2. The third kappa shape index (κ3) is 10.3. The average Bonchev–Trinajstić information content (AvgIpc) is 3.32. The standard InChI is InChI=1S/C29H38N6O9S/c1-14(2)35-12-18-8-17(7-15(3)24(18)28(35)42)10-32-27(41)25(39)19(9-30)16(4)45-13-21(26(40)33-11-23(37)38)34-22(36)6-5-20(31)29(43)44/h7-8,14,16,19-21H,5-6,10-13,31H2,1-4H3,(H,32,41)(H,33,40)(H,34,36)(H,37,38)(H,43,44)/t16?,19?,20-,21-/m0/s1. The minimum absolute atomic E-state index is 0.0151. The lowest BCUT2D eigenvalue weighted by atomic mass is 9.99. The van der Waals surface area contributed by atoms with Gasteiger partial charge >= 0.3 is 11.9 Å². The van der Waals surface area contributed by atoms with Crippen LogP contribution in [0.15, 0.2) is 12.1 Å². The first-order chi connectivity index (χ1) is 21.1.